The second kappa shape index (κ2) is 7.92. The van der Waals surface area contributed by atoms with Crippen LogP contribution in [-0.4, -0.2) is 13.3 Å². The summed E-state index contributed by atoms with van der Waals surface area (Å²) in [7, 11) is 1.16. The van der Waals surface area contributed by atoms with Gasteiger partial charge in [0.05, 0.1) is 12.7 Å². The number of rotatable bonds is 5. The van der Waals surface area contributed by atoms with E-state index in [9.17, 15) is 18.0 Å². The van der Waals surface area contributed by atoms with Crippen molar-refractivity contribution >= 4 is 6.16 Å². The average molecular weight is 354 g/mol. The summed E-state index contributed by atoms with van der Waals surface area (Å²) >= 11 is 0. The molecule has 2 aromatic carbocycles. The van der Waals surface area contributed by atoms with Crippen LogP contribution in [0.5, 0.6) is 11.5 Å². The third kappa shape index (κ3) is 4.43. The van der Waals surface area contributed by atoms with Crippen LogP contribution in [0.4, 0.5) is 18.0 Å². The van der Waals surface area contributed by atoms with Crippen molar-refractivity contribution in [1.29, 1.82) is 0 Å². The molecule has 7 heteroatoms. The standard InChI is InChI=1S/C18H17F3O4/c1-10-5-4-6-15(25-18(22)23-3)13(10)9-24-16-8-14(19)11(2)7-12(16)17(20)21/h4-8,17H,9H2,1-3H3. The molecule has 0 spiro atoms. The molecule has 4 nitrogen and oxygen atoms in total. The van der Waals surface area contributed by atoms with Gasteiger partial charge in [-0.3, -0.25) is 0 Å². The zero-order chi connectivity index (χ0) is 18.6. The van der Waals surface area contributed by atoms with Crippen LogP contribution in [0.15, 0.2) is 30.3 Å². The first-order valence-electron chi connectivity index (χ1n) is 7.38. The molecule has 0 saturated heterocycles. The van der Waals surface area contributed by atoms with Gasteiger partial charge >= 0.3 is 6.16 Å². The van der Waals surface area contributed by atoms with E-state index in [1.54, 1.807) is 19.1 Å². The predicted octanol–water partition coefficient (Wildman–Crippen LogP) is 5.10. The zero-order valence-electron chi connectivity index (χ0n) is 13.9. The van der Waals surface area contributed by atoms with Gasteiger partial charge in [0.15, 0.2) is 0 Å². The highest BCUT2D eigenvalue weighted by Gasteiger charge is 2.18. The maximum atomic E-state index is 13.7. The normalized spacial score (nSPS) is 10.7. The molecule has 134 valence electrons. The van der Waals surface area contributed by atoms with E-state index in [0.29, 0.717) is 11.1 Å². The van der Waals surface area contributed by atoms with Crippen molar-refractivity contribution in [1.82, 2.24) is 0 Å². The molecule has 0 aliphatic carbocycles. The van der Waals surface area contributed by atoms with Crippen LogP contribution in [0.3, 0.4) is 0 Å². The fraction of sp³-hybridized carbons (Fsp3) is 0.278. The van der Waals surface area contributed by atoms with Gasteiger partial charge in [-0.05, 0) is 37.1 Å². The number of hydrogen-bond acceptors (Lipinski definition) is 4. The van der Waals surface area contributed by atoms with Gasteiger partial charge in [0.25, 0.3) is 6.43 Å². The number of ether oxygens (including phenoxy) is 3. The van der Waals surface area contributed by atoms with E-state index in [1.807, 2.05) is 0 Å². The number of hydrogen-bond donors (Lipinski definition) is 0. The SMILES string of the molecule is COC(=O)Oc1cccc(C)c1COc1cc(F)c(C)cc1C(F)F. The number of carbonyl (C=O) groups excluding carboxylic acids is 1. The molecule has 0 aliphatic heterocycles. The first kappa shape index (κ1) is 18.6. The third-order valence-corrected chi connectivity index (χ3v) is 3.63. The Morgan fingerprint density at radius 2 is 1.84 bits per heavy atom. The molecule has 0 N–H and O–H groups in total. The van der Waals surface area contributed by atoms with Crippen molar-refractivity contribution < 1.29 is 32.2 Å². The summed E-state index contributed by atoms with van der Waals surface area (Å²) in [4.78, 5) is 11.3. The van der Waals surface area contributed by atoms with Gasteiger partial charge in [0.2, 0.25) is 0 Å². The Hall–Kier alpha value is -2.70. The Balaban J connectivity index is 2.30. The molecule has 2 rings (SSSR count). The highest BCUT2D eigenvalue weighted by atomic mass is 19.3. The van der Waals surface area contributed by atoms with Gasteiger partial charge in [0.1, 0.15) is 23.9 Å². The van der Waals surface area contributed by atoms with Gasteiger partial charge < -0.3 is 14.2 Å². The summed E-state index contributed by atoms with van der Waals surface area (Å²) in [5.74, 6) is -0.724. The van der Waals surface area contributed by atoms with Crippen molar-refractivity contribution in [2.45, 2.75) is 26.9 Å². The van der Waals surface area contributed by atoms with Crippen molar-refractivity contribution in [2.75, 3.05) is 7.11 Å². The van der Waals surface area contributed by atoms with Crippen LogP contribution in [0.25, 0.3) is 0 Å². The quantitative estimate of drug-likeness (QED) is 0.553. The minimum Gasteiger partial charge on any atom is -0.488 e. The molecule has 0 heterocycles. The van der Waals surface area contributed by atoms with Crippen LogP contribution in [0.2, 0.25) is 0 Å². The largest absolute Gasteiger partial charge is 0.513 e. The molecular formula is C18H17F3O4. The Labute approximate surface area is 143 Å². The number of halogens is 3. The summed E-state index contributed by atoms with van der Waals surface area (Å²) in [6.07, 6.45) is -3.72. The zero-order valence-corrected chi connectivity index (χ0v) is 13.9. The molecule has 25 heavy (non-hydrogen) atoms. The van der Waals surface area contributed by atoms with E-state index >= 15 is 0 Å². The van der Waals surface area contributed by atoms with Crippen molar-refractivity contribution in [3.63, 3.8) is 0 Å². The van der Waals surface area contributed by atoms with Gasteiger partial charge in [-0.2, -0.15) is 0 Å². The van der Waals surface area contributed by atoms with Gasteiger partial charge in [-0.1, -0.05) is 12.1 Å². The molecule has 0 bridgehead atoms. The lowest BCUT2D eigenvalue weighted by atomic mass is 10.1. The van der Waals surface area contributed by atoms with Crippen LogP contribution < -0.4 is 9.47 Å². The van der Waals surface area contributed by atoms with Gasteiger partial charge in [0, 0.05) is 11.6 Å². The van der Waals surface area contributed by atoms with Crippen molar-refractivity contribution in [3.8, 4) is 11.5 Å². The van der Waals surface area contributed by atoms with Gasteiger partial charge in [-0.15, -0.1) is 0 Å². The van der Waals surface area contributed by atoms with Crippen LogP contribution in [0, 0.1) is 19.7 Å². The summed E-state index contributed by atoms with van der Waals surface area (Å²) in [5.41, 5.74) is 0.887. The van der Waals surface area contributed by atoms with Crippen LogP contribution >= 0.6 is 0 Å². The van der Waals surface area contributed by atoms with E-state index in [2.05, 4.69) is 4.74 Å². The van der Waals surface area contributed by atoms with Crippen LogP contribution in [-0.2, 0) is 11.3 Å². The molecular weight excluding hydrogens is 337 g/mol. The second-order valence-electron chi connectivity index (χ2n) is 5.34. The molecule has 0 aliphatic rings. The Morgan fingerprint density at radius 3 is 2.48 bits per heavy atom. The molecule has 0 atom stereocenters. The second-order valence-corrected chi connectivity index (χ2v) is 5.34. The fourth-order valence-electron chi connectivity index (χ4n) is 2.22. The van der Waals surface area contributed by atoms with Crippen molar-refractivity contribution in [2.24, 2.45) is 0 Å². The third-order valence-electron chi connectivity index (χ3n) is 3.63. The van der Waals surface area contributed by atoms with E-state index < -0.39 is 24.0 Å². The number of benzene rings is 2. The molecule has 2 aromatic rings. The molecule has 0 aromatic heterocycles. The Bertz CT molecular complexity index is 775. The lowest BCUT2D eigenvalue weighted by molar-refractivity contribution is 0.120. The maximum absolute atomic E-state index is 13.7. The van der Waals surface area contributed by atoms with Gasteiger partial charge in [-0.25, -0.2) is 18.0 Å². The number of aryl methyl sites for hydroxylation is 2. The monoisotopic (exact) mass is 354 g/mol. The highest BCUT2D eigenvalue weighted by Crippen LogP contribution is 2.33. The highest BCUT2D eigenvalue weighted by molar-refractivity contribution is 5.64. The number of carbonyl (C=O) groups is 1. The average Bonchev–Trinajstić information content (AvgIpc) is 2.56. The lowest BCUT2D eigenvalue weighted by Crippen LogP contribution is -2.11. The first-order valence-corrected chi connectivity index (χ1v) is 7.38. The molecule has 0 saturated carbocycles. The predicted molar refractivity (Wildman–Crippen MR) is 84.6 cm³/mol. The number of alkyl halides is 2. The molecule has 0 amide bonds. The van der Waals surface area contributed by atoms with Crippen molar-refractivity contribution in [3.05, 3.63) is 58.4 Å². The van der Waals surface area contributed by atoms with E-state index in [0.717, 1.165) is 19.2 Å². The lowest BCUT2D eigenvalue weighted by Gasteiger charge is -2.16. The summed E-state index contributed by atoms with van der Waals surface area (Å²) in [6.45, 7) is 2.96. The molecule has 0 fully saturated rings. The fourth-order valence-corrected chi connectivity index (χ4v) is 2.22. The first-order chi connectivity index (χ1) is 11.8. The minimum atomic E-state index is -2.81. The summed E-state index contributed by atoms with van der Waals surface area (Å²) in [6, 6.07) is 6.90. The maximum Gasteiger partial charge on any atom is 0.513 e. The summed E-state index contributed by atoms with van der Waals surface area (Å²) < 4.78 is 54.9. The molecule has 0 radical (unpaired) electrons. The number of methoxy groups -OCH3 is 1. The summed E-state index contributed by atoms with van der Waals surface area (Å²) in [5, 5.41) is 0. The van der Waals surface area contributed by atoms with E-state index in [1.165, 1.54) is 13.0 Å². The van der Waals surface area contributed by atoms with E-state index in [-0.39, 0.29) is 23.7 Å². The minimum absolute atomic E-state index is 0.105. The Kier molecular flexibility index (Phi) is 5.90. The van der Waals surface area contributed by atoms with E-state index in [4.69, 9.17) is 9.47 Å². The van der Waals surface area contributed by atoms with Crippen LogP contribution in [0.1, 0.15) is 28.7 Å². The topological polar surface area (TPSA) is 44.8 Å². The molecule has 0 unspecified atom stereocenters. The smallest absolute Gasteiger partial charge is 0.488 e. The Morgan fingerprint density at radius 1 is 1.12 bits per heavy atom.